The van der Waals surface area contributed by atoms with Crippen LogP contribution in [0.2, 0.25) is 0 Å². The molecule has 1 aliphatic rings. The van der Waals surface area contributed by atoms with Gasteiger partial charge in [-0.2, -0.15) is 11.8 Å². The van der Waals surface area contributed by atoms with Crippen LogP contribution in [0.15, 0.2) is 18.3 Å². The number of carbonyl (C=O) groups is 1. The number of carbonyl (C=O) groups excluding carboxylic acids is 1. The third-order valence-corrected chi connectivity index (χ3v) is 2.95. The first-order valence-corrected chi connectivity index (χ1v) is 6.22. The Morgan fingerprint density at radius 1 is 1.60 bits per heavy atom. The van der Waals surface area contributed by atoms with Gasteiger partial charge in [0, 0.05) is 6.20 Å². The van der Waals surface area contributed by atoms with Crippen molar-refractivity contribution < 1.29 is 4.79 Å². The van der Waals surface area contributed by atoms with E-state index < -0.39 is 0 Å². The summed E-state index contributed by atoms with van der Waals surface area (Å²) in [6, 6.07) is 3.50. The molecule has 1 atom stereocenters. The SMILES string of the molecule is CSCCC1Nc2ncccc2NC1=O. The second kappa shape index (κ2) is 4.53. The van der Waals surface area contributed by atoms with E-state index in [9.17, 15) is 4.79 Å². The van der Waals surface area contributed by atoms with E-state index >= 15 is 0 Å². The van der Waals surface area contributed by atoms with Crippen molar-refractivity contribution in [3.63, 3.8) is 0 Å². The van der Waals surface area contributed by atoms with Crippen molar-refractivity contribution >= 4 is 29.2 Å². The second-order valence-corrected chi connectivity index (χ2v) is 4.35. The lowest BCUT2D eigenvalue weighted by Gasteiger charge is -2.25. The van der Waals surface area contributed by atoms with E-state index in [2.05, 4.69) is 15.6 Å². The van der Waals surface area contributed by atoms with Crippen LogP contribution in [-0.4, -0.2) is 28.9 Å². The standard InChI is InChI=1S/C10H13N3OS/c1-15-6-4-8-10(14)13-7-3-2-5-11-9(7)12-8/h2-3,5,8H,4,6H2,1H3,(H,11,12)(H,13,14). The van der Waals surface area contributed by atoms with E-state index in [1.807, 2.05) is 18.4 Å². The highest BCUT2D eigenvalue weighted by Crippen LogP contribution is 2.24. The van der Waals surface area contributed by atoms with E-state index in [1.54, 1.807) is 18.0 Å². The van der Waals surface area contributed by atoms with E-state index in [0.717, 1.165) is 23.7 Å². The number of anilines is 2. The Labute approximate surface area is 92.9 Å². The molecule has 5 heteroatoms. The second-order valence-electron chi connectivity index (χ2n) is 3.37. The first-order valence-electron chi connectivity index (χ1n) is 4.82. The Morgan fingerprint density at radius 3 is 3.27 bits per heavy atom. The zero-order chi connectivity index (χ0) is 10.7. The van der Waals surface area contributed by atoms with Crippen LogP contribution < -0.4 is 10.6 Å². The van der Waals surface area contributed by atoms with Crippen LogP contribution in [0.3, 0.4) is 0 Å². The Hall–Kier alpha value is -1.23. The molecule has 2 N–H and O–H groups in total. The number of amides is 1. The Bertz CT molecular complexity index is 369. The Kier molecular flexibility index (Phi) is 3.11. The smallest absolute Gasteiger partial charge is 0.247 e. The molecule has 2 heterocycles. The lowest BCUT2D eigenvalue weighted by atomic mass is 10.1. The number of rotatable bonds is 3. The van der Waals surface area contributed by atoms with Crippen molar-refractivity contribution in [2.24, 2.45) is 0 Å². The van der Waals surface area contributed by atoms with Gasteiger partial charge >= 0.3 is 0 Å². The zero-order valence-corrected chi connectivity index (χ0v) is 9.30. The van der Waals surface area contributed by atoms with Crippen molar-refractivity contribution in [3.8, 4) is 0 Å². The minimum absolute atomic E-state index is 0.0320. The third kappa shape index (κ3) is 2.23. The van der Waals surface area contributed by atoms with Crippen molar-refractivity contribution in [2.45, 2.75) is 12.5 Å². The van der Waals surface area contributed by atoms with Gasteiger partial charge in [0.05, 0.1) is 5.69 Å². The molecular formula is C10H13N3OS. The van der Waals surface area contributed by atoms with Gasteiger partial charge in [0.25, 0.3) is 0 Å². The maximum atomic E-state index is 11.7. The molecule has 15 heavy (non-hydrogen) atoms. The molecule has 2 rings (SSSR count). The number of pyridine rings is 1. The molecule has 1 aliphatic heterocycles. The van der Waals surface area contributed by atoms with Crippen LogP contribution in [0.4, 0.5) is 11.5 Å². The zero-order valence-electron chi connectivity index (χ0n) is 8.49. The first kappa shape index (κ1) is 10.3. The van der Waals surface area contributed by atoms with Crippen LogP contribution in [-0.2, 0) is 4.79 Å². The predicted molar refractivity (Wildman–Crippen MR) is 63.3 cm³/mol. The quantitative estimate of drug-likeness (QED) is 0.816. The number of nitrogens with one attached hydrogen (secondary N) is 2. The Balaban J connectivity index is 2.11. The maximum absolute atomic E-state index is 11.7. The lowest BCUT2D eigenvalue weighted by molar-refractivity contribution is -0.117. The summed E-state index contributed by atoms with van der Waals surface area (Å²) >= 11 is 1.74. The molecular weight excluding hydrogens is 210 g/mol. The maximum Gasteiger partial charge on any atom is 0.247 e. The summed E-state index contributed by atoms with van der Waals surface area (Å²) in [6.07, 6.45) is 4.57. The molecule has 1 amide bonds. The van der Waals surface area contributed by atoms with Gasteiger partial charge < -0.3 is 10.6 Å². The predicted octanol–water partition coefficient (Wildman–Crippen LogP) is 1.57. The molecule has 0 saturated carbocycles. The largest absolute Gasteiger partial charge is 0.357 e. The van der Waals surface area contributed by atoms with Gasteiger partial charge in [-0.25, -0.2) is 4.98 Å². The number of hydrogen-bond donors (Lipinski definition) is 2. The highest BCUT2D eigenvalue weighted by molar-refractivity contribution is 7.98. The van der Waals surface area contributed by atoms with Gasteiger partial charge in [-0.3, -0.25) is 4.79 Å². The molecule has 0 fully saturated rings. The fourth-order valence-corrected chi connectivity index (χ4v) is 1.98. The summed E-state index contributed by atoms with van der Waals surface area (Å²) in [5, 5.41) is 5.99. The molecule has 1 aromatic heterocycles. The van der Waals surface area contributed by atoms with E-state index in [4.69, 9.17) is 0 Å². The number of hydrogen-bond acceptors (Lipinski definition) is 4. The highest BCUT2D eigenvalue weighted by atomic mass is 32.2. The van der Waals surface area contributed by atoms with Crippen molar-refractivity contribution in [1.29, 1.82) is 0 Å². The van der Waals surface area contributed by atoms with Gasteiger partial charge in [0.1, 0.15) is 11.9 Å². The molecule has 1 unspecified atom stereocenters. The van der Waals surface area contributed by atoms with Gasteiger partial charge in [-0.05, 0) is 30.6 Å². The molecule has 1 aromatic rings. The summed E-state index contributed by atoms with van der Waals surface area (Å²) in [6.45, 7) is 0. The number of thioether (sulfide) groups is 1. The van der Waals surface area contributed by atoms with E-state index in [0.29, 0.717) is 0 Å². The van der Waals surface area contributed by atoms with Crippen molar-refractivity contribution in [2.75, 3.05) is 22.6 Å². The molecule has 80 valence electrons. The third-order valence-electron chi connectivity index (χ3n) is 2.30. The molecule has 0 spiro atoms. The number of fused-ring (bicyclic) bond motifs is 1. The molecule has 0 radical (unpaired) electrons. The van der Waals surface area contributed by atoms with Gasteiger partial charge in [0.15, 0.2) is 0 Å². The van der Waals surface area contributed by atoms with Crippen LogP contribution >= 0.6 is 11.8 Å². The topological polar surface area (TPSA) is 54.0 Å². The van der Waals surface area contributed by atoms with Gasteiger partial charge in [-0.15, -0.1) is 0 Å². The summed E-state index contributed by atoms with van der Waals surface area (Å²) in [5.74, 6) is 1.76. The summed E-state index contributed by atoms with van der Waals surface area (Å²) < 4.78 is 0. The van der Waals surface area contributed by atoms with Gasteiger partial charge in [-0.1, -0.05) is 0 Å². The fourth-order valence-electron chi connectivity index (χ4n) is 1.51. The van der Waals surface area contributed by atoms with E-state index in [-0.39, 0.29) is 11.9 Å². The normalized spacial score (nSPS) is 19.0. The minimum atomic E-state index is -0.153. The summed E-state index contributed by atoms with van der Waals surface area (Å²) in [5.41, 5.74) is 0.767. The van der Waals surface area contributed by atoms with Crippen LogP contribution in [0.1, 0.15) is 6.42 Å². The summed E-state index contributed by atoms with van der Waals surface area (Å²) in [4.78, 5) is 15.8. The number of nitrogens with zero attached hydrogens (tertiary/aromatic N) is 1. The van der Waals surface area contributed by atoms with Crippen molar-refractivity contribution in [1.82, 2.24) is 4.98 Å². The van der Waals surface area contributed by atoms with Crippen LogP contribution in [0.25, 0.3) is 0 Å². The van der Waals surface area contributed by atoms with Crippen molar-refractivity contribution in [3.05, 3.63) is 18.3 Å². The number of aromatic nitrogens is 1. The molecule has 4 nitrogen and oxygen atoms in total. The highest BCUT2D eigenvalue weighted by Gasteiger charge is 2.24. The van der Waals surface area contributed by atoms with E-state index in [1.165, 1.54) is 0 Å². The Morgan fingerprint density at radius 2 is 2.47 bits per heavy atom. The van der Waals surface area contributed by atoms with Crippen LogP contribution in [0, 0.1) is 0 Å². The minimum Gasteiger partial charge on any atom is -0.357 e. The average molecular weight is 223 g/mol. The average Bonchev–Trinajstić information content (AvgIpc) is 2.26. The molecule has 0 aromatic carbocycles. The fraction of sp³-hybridized carbons (Fsp3) is 0.400. The van der Waals surface area contributed by atoms with Crippen LogP contribution in [0.5, 0.6) is 0 Å². The van der Waals surface area contributed by atoms with Gasteiger partial charge in [0.2, 0.25) is 5.91 Å². The monoisotopic (exact) mass is 223 g/mol. The molecule has 0 saturated heterocycles. The summed E-state index contributed by atoms with van der Waals surface area (Å²) in [7, 11) is 0. The molecule has 0 aliphatic carbocycles. The lowest BCUT2D eigenvalue weighted by Crippen LogP contribution is -2.39. The molecule has 0 bridgehead atoms. The first-order chi connectivity index (χ1) is 7.31.